The van der Waals surface area contributed by atoms with Gasteiger partial charge in [0.25, 0.3) is 0 Å². The van der Waals surface area contributed by atoms with Gasteiger partial charge in [0, 0.05) is 18.8 Å². The standard InChI is InChI=1S/C8H15O9P/c1-13-7-4(3-15-18(12)17-11)16-8(14-2)6(10)5(7)9/h4-10H,3H2,1-2H3/p+1. The fraction of sp³-hybridized carbons (Fsp3) is 1.00. The molecule has 0 aromatic carbocycles. The van der Waals surface area contributed by atoms with E-state index in [9.17, 15) is 14.8 Å². The largest absolute Gasteiger partial charge is 0.728 e. The molecule has 0 bridgehead atoms. The highest BCUT2D eigenvalue weighted by Gasteiger charge is 2.46. The minimum atomic E-state index is -2.69. The van der Waals surface area contributed by atoms with E-state index in [2.05, 4.69) is 9.20 Å². The highest BCUT2D eigenvalue weighted by Crippen LogP contribution is 2.28. The molecule has 0 aromatic rings. The first-order chi connectivity index (χ1) is 8.54. The lowest BCUT2D eigenvalue weighted by Crippen LogP contribution is -2.59. The van der Waals surface area contributed by atoms with Crippen molar-refractivity contribution < 1.29 is 43.4 Å². The summed E-state index contributed by atoms with van der Waals surface area (Å²) in [7, 11) is -0.0793. The molecule has 0 spiro atoms. The summed E-state index contributed by atoms with van der Waals surface area (Å²) in [6.07, 6.45) is -5.33. The number of aliphatic hydroxyl groups is 2. The fourth-order valence-corrected chi connectivity index (χ4v) is 2.00. The molecule has 0 saturated carbocycles. The summed E-state index contributed by atoms with van der Waals surface area (Å²) in [5.41, 5.74) is 0. The van der Waals surface area contributed by atoms with Crippen LogP contribution in [0.25, 0.3) is 0 Å². The molecule has 9 nitrogen and oxygen atoms in total. The second kappa shape index (κ2) is 7.39. The Morgan fingerprint density at radius 2 is 1.89 bits per heavy atom. The quantitative estimate of drug-likeness (QED) is 0.329. The average molecular weight is 287 g/mol. The molecule has 0 amide bonds. The van der Waals surface area contributed by atoms with Crippen molar-refractivity contribution in [3.8, 4) is 0 Å². The lowest BCUT2D eigenvalue weighted by atomic mass is 9.99. The van der Waals surface area contributed by atoms with Crippen molar-refractivity contribution in [2.75, 3.05) is 20.8 Å². The van der Waals surface area contributed by atoms with Crippen molar-refractivity contribution in [2.24, 2.45) is 0 Å². The summed E-state index contributed by atoms with van der Waals surface area (Å²) < 4.78 is 33.9. The number of ether oxygens (including phenoxy) is 3. The molecule has 1 heterocycles. The molecule has 1 aliphatic rings. The third-order valence-electron chi connectivity index (χ3n) is 2.56. The van der Waals surface area contributed by atoms with Crippen LogP contribution in [-0.4, -0.2) is 67.0 Å². The zero-order chi connectivity index (χ0) is 13.7. The van der Waals surface area contributed by atoms with Crippen LogP contribution in [-0.2, 0) is 28.0 Å². The minimum Gasteiger partial charge on any atom is -0.387 e. The first kappa shape index (κ1) is 15.8. The van der Waals surface area contributed by atoms with Gasteiger partial charge in [-0.25, -0.2) is 5.26 Å². The molecular formula is C8H16O9P+. The summed E-state index contributed by atoms with van der Waals surface area (Å²) in [4.78, 5) is 0. The lowest BCUT2D eigenvalue weighted by molar-refractivity contribution is -0.297. The van der Waals surface area contributed by atoms with Crippen LogP contribution in [0.3, 0.4) is 0 Å². The molecule has 6 unspecified atom stereocenters. The van der Waals surface area contributed by atoms with Gasteiger partial charge in [-0.15, -0.1) is 4.52 Å². The molecule has 1 fully saturated rings. The van der Waals surface area contributed by atoms with Gasteiger partial charge < -0.3 is 24.4 Å². The smallest absolute Gasteiger partial charge is 0.387 e. The van der Waals surface area contributed by atoms with Crippen molar-refractivity contribution >= 4 is 8.25 Å². The molecule has 0 aliphatic carbocycles. The maximum absolute atomic E-state index is 10.8. The van der Waals surface area contributed by atoms with Crippen LogP contribution in [0.5, 0.6) is 0 Å². The maximum atomic E-state index is 10.8. The predicted octanol–water partition coefficient (Wildman–Crippen LogP) is -0.742. The fourth-order valence-electron chi connectivity index (χ4n) is 1.68. The molecule has 1 aliphatic heterocycles. The summed E-state index contributed by atoms with van der Waals surface area (Å²) >= 11 is 0. The molecule has 6 atom stereocenters. The van der Waals surface area contributed by atoms with Gasteiger partial charge in [0.05, 0.1) is 4.67 Å². The van der Waals surface area contributed by atoms with Crippen molar-refractivity contribution in [1.82, 2.24) is 0 Å². The average Bonchev–Trinajstić information content (AvgIpc) is 2.39. The second-order valence-electron chi connectivity index (χ2n) is 3.56. The van der Waals surface area contributed by atoms with Crippen LogP contribution in [0.2, 0.25) is 0 Å². The van der Waals surface area contributed by atoms with E-state index in [1.165, 1.54) is 14.2 Å². The molecule has 0 aromatic heterocycles. The Labute approximate surface area is 104 Å². The molecule has 0 radical (unpaired) electrons. The van der Waals surface area contributed by atoms with Gasteiger partial charge in [-0.05, 0) is 0 Å². The first-order valence-electron chi connectivity index (χ1n) is 5.04. The van der Waals surface area contributed by atoms with Crippen LogP contribution in [0.1, 0.15) is 0 Å². The van der Waals surface area contributed by atoms with Crippen molar-refractivity contribution in [3.05, 3.63) is 0 Å². The van der Waals surface area contributed by atoms with E-state index in [0.29, 0.717) is 0 Å². The maximum Gasteiger partial charge on any atom is 0.728 e. The Hall–Kier alpha value is -0.220. The van der Waals surface area contributed by atoms with Crippen molar-refractivity contribution in [2.45, 2.75) is 30.7 Å². The van der Waals surface area contributed by atoms with Crippen molar-refractivity contribution in [3.63, 3.8) is 0 Å². The Kier molecular flexibility index (Phi) is 6.50. The molecule has 106 valence electrons. The third kappa shape index (κ3) is 3.64. The topological polar surface area (TPSA) is 124 Å². The highest BCUT2D eigenvalue weighted by atomic mass is 31.1. The van der Waals surface area contributed by atoms with E-state index in [1.807, 2.05) is 0 Å². The third-order valence-corrected chi connectivity index (χ3v) is 3.05. The molecule has 10 heteroatoms. The summed E-state index contributed by atoms with van der Waals surface area (Å²) in [6, 6.07) is 0. The summed E-state index contributed by atoms with van der Waals surface area (Å²) in [5.74, 6) is 0. The number of rotatable bonds is 6. The van der Waals surface area contributed by atoms with E-state index < -0.39 is 39.0 Å². The van der Waals surface area contributed by atoms with E-state index in [-0.39, 0.29) is 6.61 Å². The van der Waals surface area contributed by atoms with Gasteiger partial charge >= 0.3 is 8.25 Å². The van der Waals surface area contributed by atoms with Crippen molar-refractivity contribution in [1.29, 1.82) is 0 Å². The number of hydrogen-bond donors (Lipinski definition) is 3. The Morgan fingerprint density at radius 1 is 1.22 bits per heavy atom. The van der Waals surface area contributed by atoms with Crippen LogP contribution in [0.15, 0.2) is 0 Å². The van der Waals surface area contributed by atoms with Gasteiger partial charge in [0.2, 0.25) is 0 Å². The van der Waals surface area contributed by atoms with E-state index in [0.717, 1.165) is 0 Å². The Bertz CT molecular complexity index is 275. The van der Waals surface area contributed by atoms with Gasteiger partial charge in [-0.1, -0.05) is 0 Å². The SMILES string of the molecule is COC1OC(CO[P+](=O)OO)C(OC)C(O)C1O. The van der Waals surface area contributed by atoms with E-state index >= 15 is 0 Å². The number of aliphatic hydroxyl groups excluding tert-OH is 2. The first-order valence-corrected chi connectivity index (χ1v) is 6.13. The normalized spacial score (nSPS) is 37.6. The van der Waals surface area contributed by atoms with Gasteiger partial charge in [-0.3, -0.25) is 0 Å². The van der Waals surface area contributed by atoms with E-state index in [4.69, 9.17) is 19.5 Å². The van der Waals surface area contributed by atoms with Gasteiger partial charge in [0.15, 0.2) is 6.29 Å². The second-order valence-corrected chi connectivity index (χ2v) is 4.43. The van der Waals surface area contributed by atoms with Crippen LogP contribution < -0.4 is 0 Å². The Balaban J connectivity index is 2.65. The lowest BCUT2D eigenvalue weighted by Gasteiger charge is -2.40. The van der Waals surface area contributed by atoms with Crippen LogP contribution >= 0.6 is 8.25 Å². The summed E-state index contributed by atoms with van der Waals surface area (Å²) in [5, 5.41) is 27.5. The number of hydrogen-bond acceptors (Lipinski definition) is 9. The highest BCUT2D eigenvalue weighted by molar-refractivity contribution is 7.33. The molecular weight excluding hydrogens is 271 g/mol. The van der Waals surface area contributed by atoms with E-state index in [1.54, 1.807) is 0 Å². The molecule has 1 saturated heterocycles. The Morgan fingerprint density at radius 3 is 2.39 bits per heavy atom. The van der Waals surface area contributed by atoms with Crippen LogP contribution in [0.4, 0.5) is 0 Å². The zero-order valence-electron chi connectivity index (χ0n) is 9.83. The van der Waals surface area contributed by atoms with Gasteiger partial charge in [-0.2, -0.15) is 0 Å². The predicted molar refractivity (Wildman–Crippen MR) is 55.8 cm³/mol. The van der Waals surface area contributed by atoms with Crippen LogP contribution in [0, 0.1) is 0 Å². The molecule has 18 heavy (non-hydrogen) atoms. The monoisotopic (exact) mass is 287 g/mol. The minimum absolute atomic E-state index is 0.280. The molecule has 1 rings (SSSR count). The summed E-state index contributed by atoms with van der Waals surface area (Å²) in [6.45, 7) is -0.280. The zero-order valence-corrected chi connectivity index (χ0v) is 10.7. The van der Waals surface area contributed by atoms with Gasteiger partial charge in [0.1, 0.15) is 31.0 Å². The molecule has 3 N–H and O–H groups in total. The number of methoxy groups -OCH3 is 2.